The topological polar surface area (TPSA) is 35.5 Å². The number of esters is 1. The van der Waals surface area contributed by atoms with Crippen LogP contribution in [0, 0.1) is 0 Å². The van der Waals surface area contributed by atoms with E-state index in [1.165, 1.54) is 62.5 Å². The van der Waals surface area contributed by atoms with Crippen LogP contribution >= 0.6 is 0 Å². The first-order chi connectivity index (χ1) is 16.3. The predicted molar refractivity (Wildman–Crippen MR) is 141 cm³/mol. The van der Waals surface area contributed by atoms with Crippen molar-refractivity contribution in [2.45, 2.75) is 97.4 Å². The summed E-state index contributed by atoms with van der Waals surface area (Å²) in [5.74, 6) is 0.477. The lowest BCUT2D eigenvalue weighted by Crippen LogP contribution is -2.51. The van der Waals surface area contributed by atoms with E-state index in [-0.39, 0.29) is 12.0 Å². The molecule has 0 fully saturated rings. The minimum absolute atomic E-state index is 0.250. The van der Waals surface area contributed by atoms with Crippen LogP contribution in [0.4, 0.5) is 0 Å². The minimum atomic E-state index is -0.634. The Kier molecular flexibility index (Phi) is 12.2. The van der Waals surface area contributed by atoms with Crippen LogP contribution in [-0.2, 0) is 22.5 Å². The van der Waals surface area contributed by atoms with Crippen molar-refractivity contribution < 1.29 is 18.8 Å². The second kappa shape index (κ2) is 14.8. The molecule has 0 aromatic heterocycles. The molecule has 2 rings (SSSR count). The maximum atomic E-state index is 12.8. The number of ether oxygens (including phenoxy) is 2. The lowest BCUT2D eigenvalue weighted by Gasteiger charge is -2.35. The van der Waals surface area contributed by atoms with Crippen LogP contribution in [0.5, 0.6) is 5.75 Å². The number of nitrogens with zero attached hydrogens (tertiary/aromatic N) is 1. The number of rotatable bonds is 16. The van der Waals surface area contributed by atoms with Crippen molar-refractivity contribution in [3.63, 3.8) is 0 Å². The van der Waals surface area contributed by atoms with Crippen molar-refractivity contribution in [2.75, 3.05) is 14.1 Å². The summed E-state index contributed by atoms with van der Waals surface area (Å²) in [6.07, 6.45) is 11.2. The maximum absolute atomic E-state index is 12.8. The molecule has 2 atom stereocenters. The number of aryl methyl sites for hydroxylation is 1. The van der Waals surface area contributed by atoms with Gasteiger partial charge in [0.15, 0.2) is 6.04 Å². The third-order valence-corrected chi connectivity index (χ3v) is 6.65. The molecule has 0 aliphatic rings. The van der Waals surface area contributed by atoms with Gasteiger partial charge in [0.2, 0.25) is 6.29 Å². The molecule has 34 heavy (non-hydrogen) atoms. The lowest BCUT2D eigenvalue weighted by molar-refractivity contribution is -0.917. The van der Waals surface area contributed by atoms with Gasteiger partial charge in [0, 0.05) is 12.5 Å². The summed E-state index contributed by atoms with van der Waals surface area (Å²) >= 11 is 0. The van der Waals surface area contributed by atoms with Gasteiger partial charge >= 0.3 is 5.97 Å². The average Bonchev–Trinajstić information content (AvgIpc) is 2.81. The van der Waals surface area contributed by atoms with Gasteiger partial charge in [-0.15, -0.1) is 0 Å². The Morgan fingerprint density at radius 3 is 2.00 bits per heavy atom. The predicted octanol–water partition coefficient (Wildman–Crippen LogP) is 7.30. The van der Waals surface area contributed by atoms with Crippen LogP contribution in [0.15, 0.2) is 54.6 Å². The summed E-state index contributed by atoms with van der Waals surface area (Å²) in [5, 5.41) is 0. The van der Waals surface area contributed by atoms with Crippen LogP contribution in [-0.4, -0.2) is 36.9 Å². The van der Waals surface area contributed by atoms with Gasteiger partial charge in [0.25, 0.3) is 0 Å². The molecule has 0 saturated carbocycles. The van der Waals surface area contributed by atoms with E-state index in [2.05, 4.69) is 45.3 Å². The smallest absolute Gasteiger partial charge is 0.367 e. The molecule has 0 N–H and O–H groups in total. The Balaban J connectivity index is 1.71. The van der Waals surface area contributed by atoms with Crippen LogP contribution in [0.25, 0.3) is 0 Å². The fourth-order valence-electron chi connectivity index (χ4n) is 4.15. The summed E-state index contributed by atoms with van der Waals surface area (Å²) in [5.41, 5.74) is 2.53. The molecular weight excluding hydrogens is 422 g/mol. The summed E-state index contributed by atoms with van der Waals surface area (Å²) < 4.78 is 12.0. The molecule has 0 saturated heterocycles. The van der Waals surface area contributed by atoms with Crippen LogP contribution in [0.1, 0.15) is 83.3 Å². The number of quaternary nitrogens is 1. The molecule has 188 valence electrons. The van der Waals surface area contributed by atoms with Gasteiger partial charge in [-0.2, -0.15) is 0 Å². The minimum Gasteiger partial charge on any atom is -0.455 e. The zero-order chi connectivity index (χ0) is 24.8. The van der Waals surface area contributed by atoms with Crippen LogP contribution in [0.2, 0.25) is 0 Å². The van der Waals surface area contributed by atoms with E-state index < -0.39 is 6.29 Å². The lowest BCUT2D eigenvalue weighted by atomic mass is 10.0. The fraction of sp³-hybridized carbons (Fsp3) is 0.567. The fourth-order valence-corrected chi connectivity index (χ4v) is 4.15. The van der Waals surface area contributed by atoms with Gasteiger partial charge < -0.3 is 14.0 Å². The van der Waals surface area contributed by atoms with Crippen molar-refractivity contribution in [3.05, 3.63) is 65.7 Å². The van der Waals surface area contributed by atoms with Crippen molar-refractivity contribution >= 4 is 5.97 Å². The van der Waals surface area contributed by atoms with Crippen molar-refractivity contribution in [1.82, 2.24) is 0 Å². The number of hydrogen-bond donors (Lipinski definition) is 0. The summed E-state index contributed by atoms with van der Waals surface area (Å²) in [7, 11) is 4.10. The highest BCUT2D eigenvalue weighted by Gasteiger charge is 2.33. The number of unbranched alkanes of at least 4 members (excludes halogenated alkanes) is 7. The van der Waals surface area contributed by atoms with E-state index in [1.54, 1.807) is 6.92 Å². The molecule has 4 heteroatoms. The number of carbonyl (C=O) groups excluding carboxylic acids is 1. The molecule has 0 spiro atoms. The number of benzene rings is 2. The molecule has 0 amide bonds. The van der Waals surface area contributed by atoms with Crippen molar-refractivity contribution in [2.24, 2.45) is 0 Å². The van der Waals surface area contributed by atoms with Crippen molar-refractivity contribution in [1.29, 1.82) is 0 Å². The molecule has 2 aromatic rings. The standard InChI is InChI=1S/C30H46NO3/c1-6-7-8-9-10-11-12-14-17-27-20-22-29(23-21-27)33-26(3)34-30(32)25(2)31(4,5)24-28-18-15-13-16-19-28/h13,15-16,18-23,25-26H,6-12,14,17,24H2,1-5H3/q+1. The van der Waals surface area contributed by atoms with Gasteiger partial charge in [-0.25, -0.2) is 4.79 Å². The Morgan fingerprint density at radius 1 is 0.794 bits per heavy atom. The summed E-state index contributed by atoms with van der Waals surface area (Å²) in [6.45, 7) is 6.71. The van der Waals surface area contributed by atoms with Crippen LogP contribution in [0.3, 0.4) is 0 Å². The average molecular weight is 469 g/mol. The molecule has 0 aliphatic heterocycles. The molecule has 0 radical (unpaired) electrons. The van der Waals surface area contributed by atoms with E-state index in [4.69, 9.17) is 9.47 Å². The van der Waals surface area contributed by atoms with E-state index in [0.29, 0.717) is 4.48 Å². The highest BCUT2D eigenvalue weighted by Crippen LogP contribution is 2.19. The first-order valence-electron chi connectivity index (χ1n) is 13.1. The van der Waals surface area contributed by atoms with E-state index in [0.717, 1.165) is 18.7 Å². The third-order valence-electron chi connectivity index (χ3n) is 6.65. The summed E-state index contributed by atoms with van der Waals surface area (Å²) in [4.78, 5) is 12.8. The number of hydrogen-bond acceptors (Lipinski definition) is 3. The van der Waals surface area contributed by atoms with Gasteiger partial charge in [0.1, 0.15) is 12.3 Å². The monoisotopic (exact) mass is 468 g/mol. The maximum Gasteiger partial charge on any atom is 0.367 e. The highest BCUT2D eigenvalue weighted by molar-refractivity contribution is 5.74. The SMILES string of the molecule is CCCCCCCCCCc1ccc(OC(C)OC(=O)C(C)[N+](C)(C)Cc2ccccc2)cc1. The molecule has 0 bridgehead atoms. The van der Waals surface area contributed by atoms with E-state index in [1.807, 2.05) is 37.3 Å². The molecular formula is C30H46NO3+. The van der Waals surface area contributed by atoms with Gasteiger partial charge in [-0.3, -0.25) is 0 Å². The first-order valence-corrected chi connectivity index (χ1v) is 13.1. The van der Waals surface area contributed by atoms with E-state index in [9.17, 15) is 4.79 Å². The van der Waals surface area contributed by atoms with E-state index >= 15 is 0 Å². The normalized spacial score (nSPS) is 13.3. The Labute approximate surface area is 207 Å². The van der Waals surface area contributed by atoms with Crippen molar-refractivity contribution in [3.8, 4) is 5.75 Å². The zero-order valence-corrected chi connectivity index (χ0v) is 22.1. The molecule has 2 unspecified atom stereocenters. The Hall–Kier alpha value is -2.33. The Morgan fingerprint density at radius 2 is 1.38 bits per heavy atom. The van der Waals surface area contributed by atoms with Crippen LogP contribution < -0.4 is 4.74 Å². The zero-order valence-electron chi connectivity index (χ0n) is 22.1. The molecule has 0 heterocycles. The first kappa shape index (κ1) is 27.9. The molecule has 2 aromatic carbocycles. The largest absolute Gasteiger partial charge is 0.455 e. The number of likely N-dealkylation sites (N-methyl/N-ethyl adjacent to an activating group) is 1. The third kappa shape index (κ3) is 10.3. The Bertz CT molecular complexity index is 817. The summed E-state index contributed by atoms with van der Waals surface area (Å²) in [6, 6.07) is 18.1. The van der Waals surface area contributed by atoms with Gasteiger partial charge in [0.05, 0.1) is 14.1 Å². The number of carbonyl (C=O) groups is 1. The molecule has 4 nitrogen and oxygen atoms in total. The molecule has 0 aliphatic carbocycles. The highest BCUT2D eigenvalue weighted by atomic mass is 16.7. The second-order valence-corrected chi connectivity index (χ2v) is 10.1. The van der Waals surface area contributed by atoms with Gasteiger partial charge in [-0.05, 0) is 37.5 Å². The quantitative estimate of drug-likeness (QED) is 0.112. The second-order valence-electron chi connectivity index (χ2n) is 10.1. The van der Waals surface area contributed by atoms with Gasteiger partial charge in [-0.1, -0.05) is 94.3 Å².